The van der Waals surface area contributed by atoms with Crippen molar-refractivity contribution in [2.75, 3.05) is 13.2 Å². The first-order chi connectivity index (χ1) is 33.5. The zero-order chi connectivity index (χ0) is 49.3. The lowest BCUT2D eigenvalue weighted by atomic mass is 10.0. The van der Waals surface area contributed by atoms with Gasteiger partial charge in [-0.3, -0.25) is 14.4 Å². The first-order valence-electron chi connectivity index (χ1n) is 28.6. The number of unbranched alkanes of at least 4 members (excludes halogenated alkanes) is 26. The highest BCUT2D eigenvalue weighted by molar-refractivity contribution is 5.71. The highest BCUT2D eigenvalue weighted by Crippen LogP contribution is 2.15. The topological polar surface area (TPSA) is 78.9 Å². The third-order valence-electron chi connectivity index (χ3n) is 12.1. The van der Waals surface area contributed by atoms with Crippen LogP contribution < -0.4 is 0 Å². The van der Waals surface area contributed by atoms with Crippen molar-refractivity contribution >= 4 is 17.9 Å². The molecule has 0 rings (SSSR count). The van der Waals surface area contributed by atoms with E-state index >= 15 is 0 Å². The van der Waals surface area contributed by atoms with Gasteiger partial charge in [0.25, 0.3) is 0 Å². The van der Waals surface area contributed by atoms with E-state index in [1.165, 1.54) is 148 Å². The molecule has 0 aromatic carbocycles. The van der Waals surface area contributed by atoms with E-state index in [2.05, 4.69) is 99.8 Å². The molecule has 0 aliphatic heterocycles. The van der Waals surface area contributed by atoms with E-state index in [0.717, 1.165) is 77.0 Å². The third-order valence-corrected chi connectivity index (χ3v) is 12.1. The SMILES string of the molecule is CC/C=C\C/C=C\C/C=C\C/C=C\C/C=C\C/C=C\CCC(=O)OC[C@@H](COC(=O)CCCCCCCCCCCCCCCC)OC(=O)CCCCCCCCC/C=C\CCCCCCCC. The van der Waals surface area contributed by atoms with Gasteiger partial charge in [-0.25, -0.2) is 0 Å². The zero-order valence-electron chi connectivity index (χ0n) is 44.6. The van der Waals surface area contributed by atoms with Gasteiger partial charge in [0, 0.05) is 19.3 Å². The Kier molecular flexibility index (Phi) is 53.4. The number of rotatable bonds is 51. The first kappa shape index (κ1) is 64.6. The highest BCUT2D eigenvalue weighted by atomic mass is 16.6. The van der Waals surface area contributed by atoms with Crippen molar-refractivity contribution in [3.8, 4) is 0 Å². The summed E-state index contributed by atoms with van der Waals surface area (Å²) in [6.07, 6.45) is 72.9. The predicted octanol–water partition coefficient (Wildman–Crippen LogP) is 19.2. The van der Waals surface area contributed by atoms with E-state index < -0.39 is 6.10 Å². The molecular formula is C62H106O6. The quantitative estimate of drug-likeness (QED) is 0.0262. The summed E-state index contributed by atoms with van der Waals surface area (Å²) in [6, 6.07) is 0. The van der Waals surface area contributed by atoms with Crippen LogP contribution in [0.25, 0.3) is 0 Å². The lowest BCUT2D eigenvalue weighted by molar-refractivity contribution is -0.166. The Hall–Kier alpha value is -3.41. The van der Waals surface area contributed by atoms with Gasteiger partial charge in [0.05, 0.1) is 0 Å². The van der Waals surface area contributed by atoms with Crippen LogP contribution in [0.5, 0.6) is 0 Å². The van der Waals surface area contributed by atoms with Crippen LogP contribution in [0.15, 0.2) is 85.1 Å². The number of carbonyl (C=O) groups excluding carboxylic acids is 3. The Morgan fingerprint density at radius 3 is 0.985 bits per heavy atom. The third kappa shape index (κ3) is 53.5. The molecule has 0 aliphatic rings. The number of carbonyl (C=O) groups is 3. The van der Waals surface area contributed by atoms with Gasteiger partial charge in [-0.15, -0.1) is 0 Å². The Morgan fingerprint density at radius 2 is 0.603 bits per heavy atom. The van der Waals surface area contributed by atoms with E-state index in [1.54, 1.807) is 0 Å². The fourth-order valence-corrected chi connectivity index (χ4v) is 7.88. The van der Waals surface area contributed by atoms with Crippen LogP contribution in [0.2, 0.25) is 0 Å². The molecule has 0 aromatic heterocycles. The van der Waals surface area contributed by atoms with Crippen LogP contribution >= 0.6 is 0 Å². The molecule has 0 radical (unpaired) electrons. The molecule has 0 aromatic rings. The molecule has 0 N–H and O–H groups in total. The molecule has 0 unspecified atom stereocenters. The lowest BCUT2D eigenvalue weighted by Crippen LogP contribution is -2.30. The largest absolute Gasteiger partial charge is 0.462 e. The van der Waals surface area contributed by atoms with Gasteiger partial charge in [-0.2, -0.15) is 0 Å². The van der Waals surface area contributed by atoms with Gasteiger partial charge in [-0.1, -0.05) is 254 Å². The van der Waals surface area contributed by atoms with Crippen molar-refractivity contribution in [1.29, 1.82) is 0 Å². The molecule has 0 aliphatic carbocycles. The monoisotopic (exact) mass is 947 g/mol. The molecule has 390 valence electrons. The van der Waals surface area contributed by atoms with E-state index in [9.17, 15) is 14.4 Å². The van der Waals surface area contributed by atoms with Gasteiger partial charge in [0.2, 0.25) is 0 Å². The average Bonchev–Trinajstić information content (AvgIpc) is 3.34. The molecule has 0 spiro atoms. The van der Waals surface area contributed by atoms with E-state index in [4.69, 9.17) is 14.2 Å². The molecular weight excluding hydrogens is 841 g/mol. The summed E-state index contributed by atoms with van der Waals surface area (Å²) in [5.74, 6) is -0.985. The summed E-state index contributed by atoms with van der Waals surface area (Å²) < 4.78 is 16.8. The summed E-state index contributed by atoms with van der Waals surface area (Å²) in [5, 5.41) is 0. The normalized spacial score (nSPS) is 12.7. The van der Waals surface area contributed by atoms with Crippen molar-refractivity contribution in [3.05, 3.63) is 85.1 Å². The molecule has 0 amide bonds. The minimum Gasteiger partial charge on any atom is -0.462 e. The number of esters is 3. The second-order valence-corrected chi connectivity index (χ2v) is 18.8. The predicted molar refractivity (Wildman–Crippen MR) is 293 cm³/mol. The van der Waals surface area contributed by atoms with Crippen molar-refractivity contribution in [1.82, 2.24) is 0 Å². The molecule has 68 heavy (non-hydrogen) atoms. The number of allylic oxidation sites excluding steroid dienone is 14. The fourth-order valence-electron chi connectivity index (χ4n) is 7.88. The van der Waals surface area contributed by atoms with Crippen LogP contribution in [0.4, 0.5) is 0 Å². The molecule has 1 atom stereocenters. The average molecular weight is 948 g/mol. The fraction of sp³-hybridized carbons (Fsp3) is 0.726. The maximum absolute atomic E-state index is 12.8. The Morgan fingerprint density at radius 1 is 0.309 bits per heavy atom. The maximum Gasteiger partial charge on any atom is 0.306 e. The molecule has 0 heterocycles. The van der Waals surface area contributed by atoms with Gasteiger partial charge < -0.3 is 14.2 Å². The summed E-state index contributed by atoms with van der Waals surface area (Å²) in [6.45, 7) is 6.47. The van der Waals surface area contributed by atoms with Crippen LogP contribution in [0.1, 0.15) is 271 Å². The Labute approximate surface area is 420 Å². The standard InChI is InChI=1S/C62H106O6/c1-4-7-10-13-16-19-22-25-28-30-31-33-34-37-40-43-46-49-52-55-61(64)67-58-59(57-66-60(63)54-51-48-45-42-39-36-27-24-21-18-15-12-9-6-3)68-62(65)56-53-50-47-44-41-38-35-32-29-26-23-20-17-14-11-8-5-2/h7,10,16,19,25-26,28-29,31,33,37,40,46,49,59H,4-6,8-9,11-15,17-18,20-24,27,30,32,34-36,38-39,41-45,47-48,50-58H2,1-3H3/b10-7-,19-16-,28-25-,29-26-,33-31-,40-37-,49-46-/t59-/m1/s1. The van der Waals surface area contributed by atoms with Crippen LogP contribution in [0, 0.1) is 0 Å². The van der Waals surface area contributed by atoms with Crippen molar-refractivity contribution in [2.24, 2.45) is 0 Å². The van der Waals surface area contributed by atoms with Crippen molar-refractivity contribution in [2.45, 2.75) is 277 Å². The first-order valence-corrected chi connectivity index (χ1v) is 28.6. The minimum atomic E-state index is -0.808. The van der Waals surface area contributed by atoms with Crippen LogP contribution in [-0.2, 0) is 28.6 Å². The Bertz CT molecular complexity index is 1320. The molecule has 0 saturated carbocycles. The summed E-state index contributed by atoms with van der Waals surface area (Å²) in [5.41, 5.74) is 0. The molecule has 0 fully saturated rings. The van der Waals surface area contributed by atoms with Gasteiger partial charge in [-0.05, 0) is 83.5 Å². The minimum absolute atomic E-state index is 0.0994. The number of ether oxygens (including phenoxy) is 3. The van der Waals surface area contributed by atoms with Gasteiger partial charge in [0.1, 0.15) is 13.2 Å². The smallest absolute Gasteiger partial charge is 0.306 e. The second-order valence-electron chi connectivity index (χ2n) is 18.8. The highest BCUT2D eigenvalue weighted by Gasteiger charge is 2.19. The summed E-state index contributed by atoms with van der Waals surface area (Å²) >= 11 is 0. The molecule has 6 heteroatoms. The summed E-state index contributed by atoms with van der Waals surface area (Å²) in [7, 11) is 0. The number of hydrogen-bond acceptors (Lipinski definition) is 6. The summed E-state index contributed by atoms with van der Waals surface area (Å²) in [4.78, 5) is 38.1. The van der Waals surface area contributed by atoms with E-state index in [0.29, 0.717) is 19.3 Å². The molecule has 0 bridgehead atoms. The van der Waals surface area contributed by atoms with Crippen LogP contribution in [-0.4, -0.2) is 37.2 Å². The molecule has 0 saturated heterocycles. The molecule has 6 nitrogen and oxygen atoms in total. The zero-order valence-corrected chi connectivity index (χ0v) is 44.6. The number of hydrogen-bond donors (Lipinski definition) is 0. The van der Waals surface area contributed by atoms with Crippen molar-refractivity contribution in [3.63, 3.8) is 0 Å². The van der Waals surface area contributed by atoms with Gasteiger partial charge >= 0.3 is 17.9 Å². The maximum atomic E-state index is 12.8. The lowest BCUT2D eigenvalue weighted by Gasteiger charge is -2.18. The van der Waals surface area contributed by atoms with Gasteiger partial charge in [0.15, 0.2) is 6.10 Å². The van der Waals surface area contributed by atoms with Crippen molar-refractivity contribution < 1.29 is 28.6 Å². The second kappa shape index (κ2) is 56.2. The van der Waals surface area contributed by atoms with E-state index in [1.807, 2.05) is 6.08 Å². The van der Waals surface area contributed by atoms with Crippen LogP contribution in [0.3, 0.4) is 0 Å². The van der Waals surface area contributed by atoms with E-state index in [-0.39, 0.29) is 37.5 Å². The Balaban J connectivity index is 4.49.